The zero-order chi connectivity index (χ0) is 15.9. The summed E-state index contributed by atoms with van der Waals surface area (Å²) in [4.78, 5) is 23.4. The Bertz CT molecular complexity index is 942. The van der Waals surface area contributed by atoms with Gasteiger partial charge in [-0.1, -0.05) is 23.7 Å². The van der Waals surface area contributed by atoms with Crippen molar-refractivity contribution in [3.63, 3.8) is 0 Å². The Morgan fingerprint density at radius 3 is 2.59 bits per heavy atom. The highest BCUT2D eigenvalue weighted by atomic mass is 35.5. The van der Waals surface area contributed by atoms with Crippen LogP contribution in [0.5, 0.6) is 5.75 Å². The summed E-state index contributed by atoms with van der Waals surface area (Å²) in [7, 11) is 0. The first-order valence-corrected chi connectivity index (χ1v) is 6.83. The van der Waals surface area contributed by atoms with E-state index < -0.39 is 11.0 Å². The van der Waals surface area contributed by atoms with Crippen LogP contribution in [0.1, 0.15) is 6.92 Å². The number of carboxylic acid groups (broad SMARTS) is 1. The van der Waals surface area contributed by atoms with E-state index in [4.69, 9.17) is 25.9 Å². The van der Waals surface area contributed by atoms with Crippen LogP contribution in [0.15, 0.2) is 51.7 Å². The lowest BCUT2D eigenvalue weighted by Crippen LogP contribution is -2.35. The molecule has 3 rings (SSSR count). The first-order chi connectivity index (χ1) is 10.4. The number of carboxylic acids is 1. The summed E-state index contributed by atoms with van der Waals surface area (Å²) in [6, 6.07) is 11.4. The molecule has 112 valence electrons. The van der Waals surface area contributed by atoms with Gasteiger partial charge in [-0.05, 0) is 24.3 Å². The fourth-order valence-corrected chi connectivity index (χ4v) is 2.20. The van der Waals surface area contributed by atoms with Crippen molar-refractivity contribution in [2.24, 2.45) is 0 Å². The number of alkyl halides is 1. The molecule has 1 N–H and O–H groups in total. The van der Waals surface area contributed by atoms with Crippen LogP contribution in [0.3, 0.4) is 0 Å². The Balaban J connectivity index is 2.16. The molecule has 22 heavy (non-hydrogen) atoms. The molecule has 5 nitrogen and oxygen atoms in total. The van der Waals surface area contributed by atoms with Gasteiger partial charge in [0, 0.05) is 13.0 Å². The highest BCUT2D eigenvalue weighted by molar-refractivity contribution is 6.32. The molecule has 0 amide bonds. The zero-order valence-corrected chi connectivity index (χ0v) is 12.3. The van der Waals surface area contributed by atoms with Crippen LogP contribution in [0.25, 0.3) is 21.9 Å². The molecule has 0 bridgehead atoms. The van der Waals surface area contributed by atoms with E-state index in [-0.39, 0.29) is 11.2 Å². The molecule has 0 radical (unpaired) electrons. The summed E-state index contributed by atoms with van der Waals surface area (Å²) in [5.41, 5.74) is 0.596. The third kappa shape index (κ3) is 2.40. The van der Waals surface area contributed by atoms with Crippen LogP contribution < -0.4 is 10.2 Å². The number of hydrogen-bond donors (Lipinski definition) is 1. The van der Waals surface area contributed by atoms with Gasteiger partial charge in [0.25, 0.3) is 5.06 Å². The number of carbonyl (C=O) groups is 1. The van der Waals surface area contributed by atoms with Gasteiger partial charge in [0.05, 0.1) is 10.8 Å². The van der Waals surface area contributed by atoms with Gasteiger partial charge in [-0.2, -0.15) is 0 Å². The molecule has 1 aromatic heterocycles. The lowest BCUT2D eigenvalue weighted by molar-refractivity contribution is -0.147. The minimum Gasteiger partial charge on any atom is -0.477 e. The average Bonchev–Trinajstić information content (AvgIpc) is 2.46. The van der Waals surface area contributed by atoms with Gasteiger partial charge in [-0.3, -0.25) is 4.79 Å². The Hall–Kier alpha value is -2.53. The summed E-state index contributed by atoms with van der Waals surface area (Å²) in [5.74, 6) is -1.11. The first kappa shape index (κ1) is 14.4. The number of benzene rings is 2. The topological polar surface area (TPSA) is 76.7 Å². The molecule has 0 spiro atoms. The minimum absolute atomic E-state index is 0.157. The van der Waals surface area contributed by atoms with Crippen LogP contribution in [0.2, 0.25) is 0 Å². The lowest BCUT2D eigenvalue weighted by Gasteiger charge is -2.18. The second-order valence-electron chi connectivity index (χ2n) is 4.91. The highest BCUT2D eigenvalue weighted by Gasteiger charge is 2.32. The Morgan fingerprint density at radius 1 is 1.18 bits per heavy atom. The number of rotatable bonds is 3. The van der Waals surface area contributed by atoms with E-state index in [1.807, 2.05) is 0 Å². The third-order valence-electron chi connectivity index (χ3n) is 3.24. The molecule has 0 aliphatic carbocycles. The van der Waals surface area contributed by atoms with Crippen molar-refractivity contribution >= 4 is 39.5 Å². The molecule has 2 aromatic carbocycles. The van der Waals surface area contributed by atoms with Gasteiger partial charge in [0.15, 0.2) is 0 Å². The minimum atomic E-state index is -1.90. The smallest absolute Gasteiger partial charge is 0.363 e. The van der Waals surface area contributed by atoms with Gasteiger partial charge in [0.2, 0.25) is 5.43 Å². The number of halogens is 1. The Morgan fingerprint density at radius 2 is 1.86 bits per heavy atom. The number of aliphatic carboxylic acids is 1. The quantitative estimate of drug-likeness (QED) is 0.592. The maximum absolute atomic E-state index is 12.4. The molecule has 0 saturated carbocycles. The number of ether oxygens (including phenoxy) is 1. The predicted molar refractivity (Wildman–Crippen MR) is 82.5 cm³/mol. The number of para-hydroxylation sites is 1. The predicted octanol–water partition coefficient (Wildman–Crippen LogP) is 3.36. The molecule has 1 unspecified atom stereocenters. The Kier molecular flexibility index (Phi) is 3.30. The third-order valence-corrected chi connectivity index (χ3v) is 3.48. The maximum Gasteiger partial charge on any atom is 0.363 e. The first-order valence-electron chi connectivity index (χ1n) is 6.45. The van der Waals surface area contributed by atoms with Crippen LogP contribution in [-0.4, -0.2) is 16.1 Å². The van der Waals surface area contributed by atoms with E-state index >= 15 is 0 Å². The summed E-state index contributed by atoms with van der Waals surface area (Å²) in [6.07, 6.45) is 0. The molecule has 0 aliphatic heterocycles. The van der Waals surface area contributed by atoms with Crippen molar-refractivity contribution in [3.05, 3.63) is 52.7 Å². The van der Waals surface area contributed by atoms with Crippen molar-refractivity contribution in [1.82, 2.24) is 0 Å². The van der Waals surface area contributed by atoms with E-state index in [1.165, 1.54) is 25.1 Å². The Labute approximate surface area is 129 Å². The zero-order valence-electron chi connectivity index (χ0n) is 11.5. The molecule has 0 aliphatic rings. The van der Waals surface area contributed by atoms with Crippen molar-refractivity contribution in [2.75, 3.05) is 0 Å². The van der Waals surface area contributed by atoms with Gasteiger partial charge in [0.1, 0.15) is 16.9 Å². The second-order valence-corrected chi connectivity index (χ2v) is 5.63. The van der Waals surface area contributed by atoms with Crippen LogP contribution in [0, 0.1) is 0 Å². The summed E-state index contributed by atoms with van der Waals surface area (Å²) < 4.78 is 10.9. The van der Waals surface area contributed by atoms with Gasteiger partial charge < -0.3 is 14.3 Å². The molecular formula is C16H11ClO5. The lowest BCUT2D eigenvalue weighted by atomic mass is 10.1. The standard InChI is InChI=1S/C16H11ClO5/c1-16(17,15(19)20)22-9-6-7-11-13(8-9)21-12-5-3-2-4-10(12)14(11)18/h2-8H,1H3,(H,19,20). The molecule has 6 heteroatoms. The fraction of sp³-hybridized carbons (Fsp3) is 0.125. The summed E-state index contributed by atoms with van der Waals surface area (Å²) in [6.45, 7) is 1.22. The van der Waals surface area contributed by atoms with E-state index in [0.717, 1.165) is 0 Å². The van der Waals surface area contributed by atoms with Gasteiger partial charge in [-0.25, -0.2) is 4.79 Å². The van der Waals surface area contributed by atoms with E-state index in [2.05, 4.69) is 0 Å². The van der Waals surface area contributed by atoms with Crippen LogP contribution >= 0.6 is 11.6 Å². The van der Waals surface area contributed by atoms with E-state index in [1.54, 1.807) is 24.3 Å². The molecule has 0 saturated heterocycles. The van der Waals surface area contributed by atoms with E-state index in [9.17, 15) is 9.59 Å². The van der Waals surface area contributed by atoms with E-state index in [0.29, 0.717) is 21.9 Å². The van der Waals surface area contributed by atoms with Crippen LogP contribution in [0.4, 0.5) is 0 Å². The van der Waals surface area contributed by atoms with Crippen molar-refractivity contribution in [1.29, 1.82) is 0 Å². The second kappa shape index (κ2) is 5.03. The largest absolute Gasteiger partial charge is 0.477 e. The monoisotopic (exact) mass is 318 g/mol. The van der Waals surface area contributed by atoms with Crippen molar-refractivity contribution < 1.29 is 19.1 Å². The molecule has 0 fully saturated rings. The fourth-order valence-electron chi connectivity index (χ4n) is 2.11. The van der Waals surface area contributed by atoms with Crippen molar-refractivity contribution in [2.45, 2.75) is 12.0 Å². The maximum atomic E-state index is 12.4. The SMILES string of the molecule is CC(Cl)(Oc1ccc2c(=O)c3ccccc3oc2c1)C(=O)O. The van der Waals surface area contributed by atoms with Gasteiger partial charge in [-0.15, -0.1) is 0 Å². The molecule has 1 heterocycles. The normalized spacial score (nSPS) is 13.9. The molecule has 1 atom stereocenters. The number of fused-ring (bicyclic) bond motifs is 2. The highest BCUT2D eigenvalue weighted by Crippen LogP contribution is 2.27. The molecule has 3 aromatic rings. The van der Waals surface area contributed by atoms with Crippen molar-refractivity contribution in [3.8, 4) is 5.75 Å². The number of hydrogen-bond acceptors (Lipinski definition) is 4. The summed E-state index contributed by atoms with van der Waals surface area (Å²) >= 11 is 5.77. The van der Waals surface area contributed by atoms with Crippen LogP contribution in [-0.2, 0) is 4.79 Å². The summed E-state index contributed by atoms with van der Waals surface area (Å²) in [5, 5.41) is 7.94. The average molecular weight is 319 g/mol. The van der Waals surface area contributed by atoms with Gasteiger partial charge >= 0.3 is 5.97 Å². The molecular weight excluding hydrogens is 308 g/mol.